The first-order valence-electron chi connectivity index (χ1n) is 8.01. The number of benzene rings is 2. The first-order valence-corrected chi connectivity index (χ1v) is 8.01. The number of fused-ring (bicyclic) bond motifs is 1. The van der Waals surface area contributed by atoms with Gasteiger partial charge in [-0.1, -0.05) is 12.7 Å². The summed E-state index contributed by atoms with van der Waals surface area (Å²) in [5.41, 5.74) is 2.54. The molecule has 0 aromatic heterocycles. The summed E-state index contributed by atoms with van der Waals surface area (Å²) in [5, 5.41) is 0. The highest BCUT2D eigenvalue weighted by Gasteiger charge is 2.26. The summed E-state index contributed by atoms with van der Waals surface area (Å²) in [5.74, 6) is 0.907. The largest absolute Gasteiger partial charge is 0.497 e. The number of rotatable bonds is 5. The third kappa shape index (κ3) is 3.36. The minimum Gasteiger partial charge on any atom is -0.497 e. The molecule has 0 atom stereocenters. The number of hydrogen-bond acceptors (Lipinski definition) is 3. The van der Waals surface area contributed by atoms with Crippen molar-refractivity contribution in [3.8, 4) is 11.5 Å². The van der Waals surface area contributed by atoms with Crippen LogP contribution in [0.4, 0.5) is 4.39 Å². The molecule has 0 radical (unpaired) electrons. The van der Waals surface area contributed by atoms with Gasteiger partial charge < -0.3 is 14.4 Å². The van der Waals surface area contributed by atoms with Gasteiger partial charge in [-0.15, -0.1) is 0 Å². The summed E-state index contributed by atoms with van der Waals surface area (Å²) < 4.78 is 24.4. The van der Waals surface area contributed by atoms with E-state index < -0.39 is 0 Å². The van der Waals surface area contributed by atoms with E-state index in [0.29, 0.717) is 42.1 Å². The Hall–Kier alpha value is -2.82. The molecule has 2 aromatic rings. The van der Waals surface area contributed by atoms with Crippen LogP contribution in [0.5, 0.6) is 11.5 Å². The van der Waals surface area contributed by atoms with E-state index in [4.69, 9.17) is 9.47 Å². The third-order valence-corrected chi connectivity index (χ3v) is 4.40. The lowest BCUT2D eigenvalue weighted by atomic mass is 9.95. The smallest absolute Gasteiger partial charge is 0.254 e. The standard InChI is InChI=1S/C20H20FNO3/c1-4-14-9-18-15(10-19(14)21)5-6-22(20(18)23)12-13-7-16(24-2)11-17(8-13)25-3/h4,7-11H,1,5-6,12H2,2-3H3. The van der Waals surface area contributed by atoms with Crippen LogP contribution in [0.1, 0.15) is 27.0 Å². The Morgan fingerprint density at radius 2 is 1.84 bits per heavy atom. The highest BCUT2D eigenvalue weighted by molar-refractivity contribution is 5.97. The molecule has 1 heterocycles. The quantitative estimate of drug-likeness (QED) is 0.833. The summed E-state index contributed by atoms with van der Waals surface area (Å²) in [4.78, 5) is 14.6. The summed E-state index contributed by atoms with van der Waals surface area (Å²) in [6.45, 7) is 4.58. The molecule has 0 fully saturated rings. The number of ether oxygens (including phenoxy) is 2. The van der Waals surface area contributed by atoms with Crippen LogP contribution < -0.4 is 9.47 Å². The zero-order valence-electron chi connectivity index (χ0n) is 14.3. The summed E-state index contributed by atoms with van der Waals surface area (Å²) in [6, 6.07) is 8.57. The Kier molecular flexibility index (Phi) is 4.74. The number of halogens is 1. The number of carbonyl (C=O) groups excluding carboxylic acids is 1. The fraction of sp³-hybridized carbons (Fsp3) is 0.250. The van der Waals surface area contributed by atoms with Crippen LogP contribution >= 0.6 is 0 Å². The average Bonchev–Trinajstić information content (AvgIpc) is 2.63. The maximum atomic E-state index is 13.9. The van der Waals surface area contributed by atoms with Gasteiger partial charge in [-0.05, 0) is 41.8 Å². The topological polar surface area (TPSA) is 38.8 Å². The monoisotopic (exact) mass is 341 g/mol. The van der Waals surface area contributed by atoms with Gasteiger partial charge >= 0.3 is 0 Å². The number of amides is 1. The summed E-state index contributed by atoms with van der Waals surface area (Å²) in [7, 11) is 3.18. The van der Waals surface area contributed by atoms with Crippen LogP contribution in [-0.2, 0) is 13.0 Å². The molecule has 2 aromatic carbocycles. The molecule has 0 unspecified atom stereocenters. The SMILES string of the molecule is C=Cc1cc2c(cc1F)CCN(Cc1cc(OC)cc(OC)c1)C2=O. The van der Waals surface area contributed by atoms with E-state index in [0.717, 1.165) is 11.1 Å². The normalized spacial score (nSPS) is 13.4. The number of carbonyl (C=O) groups is 1. The zero-order valence-corrected chi connectivity index (χ0v) is 14.3. The molecule has 0 N–H and O–H groups in total. The predicted molar refractivity (Wildman–Crippen MR) is 94.5 cm³/mol. The molecule has 1 aliphatic rings. The lowest BCUT2D eigenvalue weighted by molar-refractivity contribution is 0.0726. The summed E-state index contributed by atoms with van der Waals surface area (Å²) >= 11 is 0. The van der Waals surface area contributed by atoms with Crippen LogP contribution in [-0.4, -0.2) is 31.6 Å². The van der Waals surface area contributed by atoms with Crippen LogP contribution in [0.25, 0.3) is 6.08 Å². The lowest BCUT2D eigenvalue weighted by Gasteiger charge is -2.29. The minimum atomic E-state index is -0.340. The molecule has 0 saturated heterocycles. The second kappa shape index (κ2) is 6.97. The van der Waals surface area contributed by atoms with Crippen molar-refractivity contribution in [2.24, 2.45) is 0 Å². The highest BCUT2D eigenvalue weighted by Crippen LogP contribution is 2.27. The molecule has 0 spiro atoms. The van der Waals surface area contributed by atoms with E-state index in [2.05, 4.69) is 6.58 Å². The Labute approximate surface area is 146 Å². The first kappa shape index (κ1) is 17.0. The van der Waals surface area contributed by atoms with Gasteiger partial charge in [0.2, 0.25) is 0 Å². The molecular formula is C20H20FNO3. The van der Waals surface area contributed by atoms with Crippen molar-refractivity contribution in [1.82, 2.24) is 4.90 Å². The van der Waals surface area contributed by atoms with Gasteiger partial charge in [-0.25, -0.2) is 4.39 Å². The highest BCUT2D eigenvalue weighted by atomic mass is 19.1. The first-order chi connectivity index (χ1) is 12.0. The van der Waals surface area contributed by atoms with Crippen molar-refractivity contribution in [2.45, 2.75) is 13.0 Å². The minimum absolute atomic E-state index is 0.105. The fourth-order valence-corrected chi connectivity index (χ4v) is 3.05. The van der Waals surface area contributed by atoms with Crippen LogP contribution in [0.2, 0.25) is 0 Å². The summed E-state index contributed by atoms with van der Waals surface area (Å²) in [6.07, 6.45) is 2.05. The Balaban J connectivity index is 1.88. The van der Waals surface area contributed by atoms with Gasteiger partial charge in [0.1, 0.15) is 17.3 Å². The van der Waals surface area contributed by atoms with Crippen LogP contribution in [0, 0.1) is 5.82 Å². The van der Waals surface area contributed by atoms with Gasteiger partial charge in [-0.3, -0.25) is 4.79 Å². The molecule has 130 valence electrons. The van der Waals surface area contributed by atoms with Gasteiger partial charge in [0.15, 0.2) is 0 Å². The molecule has 3 rings (SSSR count). The molecule has 25 heavy (non-hydrogen) atoms. The van der Waals surface area contributed by atoms with Crippen molar-refractivity contribution < 1.29 is 18.7 Å². The zero-order chi connectivity index (χ0) is 18.0. The van der Waals surface area contributed by atoms with Gasteiger partial charge in [0, 0.05) is 30.3 Å². The van der Waals surface area contributed by atoms with Gasteiger partial charge in [0.25, 0.3) is 5.91 Å². The number of nitrogens with zero attached hydrogens (tertiary/aromatic N) is 1. The third-order valence-electron chi connectivity index (χ3n) is 4.40. The van der Waals surface area contributed by atoms with E-state index >= 15 is 0 Å². The van der Waals surface area contributed by atoms with Gasteiger partial charge in [-0.2, -0.15) is 0 Å². The van der Waals surface area contributed by atoms with E-state index in [1.165, 1.54) is 12.1 Å². The predicted octanol–water partition coefficient (Wildman–Crippen LogP) is 3.68. The molecule has 1 amide bonds. The molecule has 0 bridgehead atoms. The molecular weight excluding hydrogens is 321 g/mol. The van der Waals surface area contributed by atoms with Crippen molar-refractivity contribution >= 4 is 12.0 Å². The van der Waals surface area contributed by atoms with Crippen molar-refractivity contribution in [3.63, 3.8) is 0 Å². The number of methoxy groups -OCH3 is 2. The van der Waals surface area contributed by atoms with Gasteiger partial charge in [0.05, 0.1) is 14.2 Å². The van der Waals surface area contributed by atoms with Crippen LogP contribution in [0.3, 0.4) is 0 Å². The van der Waals surface area contributed by atoms with Crippen molar-refractivity contribution in [1.29, 1.82) is 0 Å². The Morgan fingerprint density at radius 3 is 2.44 bits per heavy atom. The molecule has 0 saturated carbocycles. The molecule has 1 aliphatic heterocycles. The van der Waals surface area contributed by atoms with Crippen molar-refractivity contribution in [3.05, 3.63) is 65.0 Å². The molecule has 5 heteroatoms. The molecule has 0 aliphatic carbocycles. The fourth-order valence-electron chi connectivity index (χ4n) is 3.05. The van der Waals surface area contributed by atoms with E-state index in [9.17, 15) is 9.18 Å². The van der Waals surface area contributed by atoms with Crippen LogP contribution in [0.15, 0.2) is 36.9 Å². The lowest BCUT2D eigenvalue weighted by Crippen LogP contribution is -2.37. The van der Waals surface area contributed by atoms with E-state index in [1.807, 2.05) is 12.1 Å². The Morgan fingerprint density at radius 1 is 1.16 bits per heavy atom. The average molecular weight is 341 g/mol. The van der Waals surface area contributed by atoms with Crippen molar-refractivity contribution in [2.75, 3.05) is 20.8 Å². The van der Waals surface area contributed by atoms with E-state index in [1.54, 1.807) is 31.3 Å². The van der Waals surface area contributed by atoms with E-state index in [-0.39, 0.29) is 11.7 Å². The second-order valence-electron chi connectivity index (χ2n) is 5.93. The molecule has 4 nitrogen and oxygen atoms in total. The maximum absolute atomic E-state index is 13.9. The number of hydrogen-bond donors (Lipinski definition) is 0. The Bertz CT molecular complexity index is 810. The second-order valence-corrected chi connectivity index (χ2v) is 5.93. The maximum Gasteiger partial charge on any atom is 0.254 e.